The van der Waals surface area contributed by atoms with Crippen molar-refractivity contribution in [2.75, 3.05) is 7.11 Å². The minimum Gasteiger partial charge on any atom is -0.497 e. The van der Waals surface area contributed by atoms with Crippen LogP contribution in [0.15, 0.2) is 66.0 Å². The van der Waals surface area contributed by atoms with Gasteiger partial charge in [-0.25, -0.2) is 18.7 Å². The van der Waals surface area contributed by atoms with Crippen molar-refractivity contribution in [3.8, 4) is 17.0 Å². The summed E-state index contributed by atoms with van der Waals surface area (Å²) in [5.41, 5.74) is 3.46. The van der Waals surface area contributed by atoms with E-state index in [2.05, 4.69) is 19.9 Å². The first-order valence-corrected chi connectivity index (χ1v) is 11.0. The number of carbonyl (C=O) groups excluding carboxylic acids is 1. The van der Waals surface area contributed by atoms with Gasteiger partial charge in [-0.1, -0.05) is 6.07 Å². The molecule has 35 heavy (non-hydrogen) atoms. The molecule has 0 bridgehead atoms. The average molecular weight is 470 g/mol. The molecule has 3 heterocycles. The Labute approximate surface area is 200 Å². The summed E-state index contributed by atoms with van der Waals surface area (Å²) >= 11 is 0. The number of Topliss-reactive ketones (excluding diaryl/α,β-unsaturated/α-hetero) is 1. The van der Waals surface area contributed by atoms with Gasteiger partial charge in [0.1, 0.15) is 35.1 Å². The van der Waals surface area contributed by atoms with Crippen LogP contribution >= 0.6 is 0 Å². The number of ketones is 1. The molecule has 0 amide bonds. The highest BCUT2D eigenvalue weighted by Crippen LogP contribution is 2.35. The zero-order valence-electron chi connectivity index (χ0n) is 18.8. The van der Waals surface area contributed by atoms with Crippen molar-refractivity contribution in [1.82, 2.24) is 15.0 Å². The van der Waals surface area contributed by atoms with Gasteiger partial charge in [0, 0.05) is 48.4 Å². The minimum absolute atomic E-state index is 0.110. The molecule has 6 nitrogen and oxygen atoms in total. The molecule has 2 aromatic heterocycles. The first-order chi connectivity index (χ1) is 17.0. The maximum atomic E-state index is 15.5. The molecule has 1 aliphatic rings. The normalized spacial score (nSPS) is 12.0. The molecule has 0 fully saturated rings. The van der Waals surface area contributed by atoms with Crippen LogP contribution < -0.4 is 4.74 Å². The van der Waals surface area contributed by atoms with Crippen LogP contribution in [0.1, 0.15) is 32.9 Å². The molecule has 8 heteroatoms. The van der Waals surface area contributed by atoms with Crippen molar-refractivity contribution in [3.63, 3.8) is 0 Å². The second-order valence-corrected chi connectivity index (χ2v) is 8.04. The highest BCUT2D eigenvalue weighted by atomic mass is 19.1. The largest absolute Gasteiger partial charge is 0.497 e. The number of aliphatic imine (C=N–C) groups is 1. The number of hydrogen-bond acceptors (Lipinski definition) is 6. The number of rotatable bonds is 7. The summed E-state index contributed by atoms with van der Waals surface area (Å²) < 4.78 is 35.4. The number of fused-ring (bicyclic) bond motifs is 1. The predicted molar refractivity (Wildman–Crippen MR) is 127 cm³/mol. The number of pyridine rings is 1. The summed E-state index contributed by atoms with van der Waals surface area (Å²) in [6.45, 7) is 0. The summed E-state index contributed by atoms with van der Waals surface area (Å²) in [6, 6.07) is 12.6. The van der Waals surface area contributed by atoms with Crippen LogP contribution in [-0.4, -0.2) is 34.1 Å². The second-order valence-electron chi connectivity index (χ2n) is 8.04. The van der Waals surface area contributed by atoms with E-state index in [9.17, 15) is 9.18 Å². The predicted octanol–water partition coefficient (Wildman–Crippen LogP) is 5.10. The molecule has 0 unspecified atom stereocenters. The summed E-state index contributed by atoms with van der Waals surface area (Å²) in [6.07, 6.45) is 5.06. The van der Waals surface area contributed by atoms with E-state index in [1.54, 1.807) is 48.8 Å². The molecule has 0 saturated heterocycles. The van der Waals surface area contributed by atoms with Crippen molar-refractivity contribution in [3.05, 3.63) is 101 Å². The Balaban J connectivity index is 1.46. The number of ether oxygens (including phenoxy) is 1. The molecule has 0 aliphatic carbocycles. The van der Waals surface area contributed by atoms with Crippen LogP contribution in [0.4, 0.5) is 14.5 Å². The van der Waals surface area contributed by atoms with Crippen LogP contribution in [0, 0.1) is 11.6 Å². The number of carbonyl (C=O) groups is 1. The molecule has 1 aliphatic heterocycles. The number of nitrogens with zero attached hydrogens (tertiary/aromatic N) is 4. The van der Waals surface area contributed by atoms with Crippen molar-refractivity contribution in [2.45, 2.75) is 19.3 Å². The van der Waals surface area contributed by atoms with Crippen LogP contribution in [0.5, 0.6) is 5.75 Å². The molecular formula is C27H20F2N4O2. The van der Waals surface area contributed by atoms with E-state index in [1.165, 1.54) is 25.6 Å². The number of aromatic nitrogens is 3. The Morgan fingerprint density at radius 2 is 1.86 bits per heavy atom. The molecule has 0 saturated carbocycles. The van der Waals surface area contributed by atoms with E-state index < -0.39 is 11.6 Å². The molecular weight excluding hydrogens is 450 g/mol. The fourth-order valence-corrected chi connectivity index (χ4v) is 4.08. The third kappa shape index (κ3) is 4.42. The van der Waals surface area contributed by atoms with Gasteiger partial charge in [-0.05, 0) is 48.0 Å². The van der Waals surface area contributed by atoms with E-state index in [4.69, 9.17) is 4.74 Å². The van der Waals surface area contributed by atoms with E-state index in [0.29, 0.717) is 40.4 Å². The molecule has 0 N–H and O–H groups in total. The molecule has 0 radical (unpaired) electrons. The minimum atomic E-state index is -0.755. The first kappa shape index (κ1) is 22.5. The topological polar surface area (TPSA) is 77.3 Å². The number of benzene rings is 2. The van der Waals surface area contributed by atoms with Gasteiger partial charge in [-0.3, -0.25) is 14.8 Å². The third-order valence-corrected chi connectivity index (χ3v) is 5.92. The maximum Gasteiger partial charge on any atom is 0.167 e. The summed E-state index contributed by atoms with van der Waals surface area (Å²) in [7, 11) is 1.53. The lowest BCUT2D eigenvalue weighted by atomic mass is 9.96. The van der Waals surface area contributed by atoms with Gasteiger partial charge in [-0.2, -0.15) is 0 Å². The van der Waals surface area contributed by atoms with Crippen molar-refractivity contribution in [2.24, 2.45) is 4.99 Å². The zero-order chi connectivity index (χ0) is 24.4. The summed E-state index contributed by atoms with van der Waals surface area (Å²) in [5.74, 6) is -1.12. The van der Waals surface area contributed by atoms with Crippen LogP contribution in [-0.2, 0) is 19.3 Å². The van der Waals surface area contributed by atoms with Crippen LogP contribution in [0.25, 0.3) is 11.3 Å². The van der Waals surface area contributed by atoms with E-state index in [1.807, 2.05) is 0 Å². The Hall–Kier alpha value is -4.33. The van der Waals surface area contributed by atoms with Gasteiger partial charge < -0.3 is 4.74 Å². The fraction of sp³-hybridized carbons (Fsp3) is 0.148. The number of halogens is 2. The molecule has 0 spiro atoms. The Morgan fingerprint density at radius 3 is 2.66 bits per heavy atom. The third-order valence-electron chi connectivity index (χ3n) is 5.92. The zero-order valence-corrected chi connectivity index (χ0v) is 18.8. The van der Waals surface area contributed by atoms with Crippen molar-refractivity contribution in [1.29, 1.82) is 0 Å². The van der Waals surface area contributed by atoms with E-state index >= 15 is 4.39 Å². The SMILES string of the molecule is COc1ccc(C(=O)Cc2ccc(F)c(Cc3ncccc3-c3ncnc4c3N=CC4)c2F)cc1. The van der Waals surface area contributed by atoms with Crippen molar-refractivity contribution >= 4 is 17.7 Å². The van der Waals surface area contributed by atoms with Gasteiger partial charge in [0.2, 0.25) is 0 Å². The molecule has 2 aromatic carbocycles. The van der Waals surface area contributed by atoms with Crippen LogP contribution in [0.2, 0.25) is 0 Å². The second kappa shape index (κ2) is 9.50. The first-order valence-electron chi connectivity index (χ1n) is 11.0. The van der Waals surface area contributed by atoms with Gasteiger partial charge in [0.05, 0.1) is 18.5 Å². The Kier molecular flexibility index (Phi) is 6.10. The lowest BCUT2D eigenvalue weighted by Gasteiger charge is -2.13. The van der Waals surface area contributed by atoms with Gasteiger partial charge in [0.25, 0.3) is 0 Å². The molecule has 4 aromatic rings. The van der Waals surface area contributed by atoms with Gasteiger partial charge in [-0.15, -0.1) is 0 Å². The molecule has 0 atom stereocenters. The van der Waals surface area contributed by atoms with Gasteiger partial charge in [0.15, 0.2) is 5.78 Å². The number of methoxy groups -OCH3 is 1. The average Bonchev–Trinajstić information content (AvgIpc) is 3.38. The lowest BCUT2D eigenvalue weighted by molar-refractivity contribution is 0.0991. The summed E-state index contributed by atoms with van der Waals surface area (Å²) in [5, 5.41) is 0. The lowest BCUT2D eigenvalue weighted by Crippen LogP contribution is -2.09. The number of hydrogen-bond donors (Lipinski definition) is 0. The van der Waals surface area contributed by atoms with E-state index in [-0.39, 0.29) is 29.8 Å². The molecule has 5 rings (SSSR count). The smallest absolute Gasteiger partial charge is 0.167 e. The monoisotopic (exact) mass is 470 g/mol. The molecule has 174 valence electrons. The van der Waals surface area contributed by atoms with Crippen molar-refractivity contribution < 1.29 is 18.3 Å². The fourth-order valence-electron chi connectivity index (χ4n) is 4.08. The maximum absolute atomic E-state index is 15.5. The summed E-state index contributed by atoms with van der Waals surface area (Å²) in [4.78, 5) is 30.1. The highest BCUT2D eigenvalue weighted by molar-refractivity contribution is 5.97. The van der Waals surface area contributed by atoms with Gasteiger partial charge >= 0.3 is 0 Å². The van der Waals surface area contributed by atoms with Crippen LogP contribution in [0.3, 0.4) is 0 Å². The highest BCUT2D eigenvalue weighted by Gasteiger charge is 2.22. The Bertz CT molecular complexity index is 1450. The van der Waals surface area contributed by atoms with E-state index in [0.717, 1.165) is 5.69 Å². The Morgan fingerprint density at radius 1 is 1.03 bits per heavy atom. The standard InChI is InChI=1S/C27H20F2N4O2/c1-35-18-7-4-16(5-8-18)24(34)13-17-6-9-21(28)20(25(17)29)14-23-19(3-2-11-30-23)26-27-22(10-12-31-27)32-15-33-26/h2-9,11-12,15H,10,13-14H2,1H3. The quantitative estimate of drug-likeness (QED) is 0.351.